The first-order valence-electron chi connectivity index (χ1n) is 27.3. The first kappa shape index (κ1) is 54.4. The van der Waals surface area contributed by atoms with Gasteiger partial charge in [-0.25, -0.2) is 14.4 Å². The Morgan fingerprint density at radius 3 is 2.37 bits per heavy atom. The quantitative estimate of drug-likeness (QED) is 0.0743. The van der Waals surface area contributed by atoms with Crippen LogP contribution in [0, 0.1) is 17.7 Å². The zero-order valence-corrected chi connectivity index (χ0v) is 46.3. The third kappa shape index (κ3) is 11.5. The van der Waals surface area contributed by atoms with Gasteiger partial charge in [0.15, 0.2) is 5.82 Å². The summed E-state index contributed by atoms with van der Waals surface area (Å²) >= 11 is 8.50. The van der Waals surface area contributed by atoms with E-state index in [1.807, 2.05) is 71.3 Å². The molecule has 408 valence electrons. The standard InChI is InChI=1S/C60H67ClFN9O6S/c1-36(63-3)51(74)34-45(38-13-6-5-7-14-38)59(76)71-24-12-19-50(71)58-65-49(35-78-58)43-20-21-52(44-18-11-10-17-42(43)44)77-30-29-68(4)53(75)22-23-64-60-66-56-47(57(67-60)70-27-25-69(26-28-70)37(2)72)33-48(61)54(55(56)62)46-32-40(73)31-39-15-8-9-16-41(39)46/h8-11,15-18,20-21,31-33,35-36,38,45,50,63,73H,5-7,12-14,19,22-30,34H2,1-4H3,(H,64,66,67)/t36-,45-,50-/m0/s1. The number of Topliss-reactive ketones (excluding diaryl/α,β-unsaturated/α-hetero) is 1. The number of nitrogens with zero attached hydrogens (tertiary/aromatic N) is 7. The number of piperazine rings is 1. The van der Waals surface area contributed by atoms with Crippen LogP contribution in [-0.2, 0) is 19.2 Å². The van der Waals surface area contributed by atoms with Gasteiger partial charge in [-0.1, -0.05) is 79.4 Å². The van der Waals surface area contributed by atoms with E-state index in [1.165, 1.54) is 19.4 Å². The summed E-state index contributed by atoms with van der Waals surface area (Å²) in [5.41, 5.74) is 2.32. The minimum Gasteiger partial charge on any atom is -0.508 e. The van der Waals surface area contributed by atoms with E-state index in [4.69, 9.17) is 26.3 Å². The number of ketones is 1. The number of nitrogens with one attached hydrogen (secondary N) is 2. The van der Waals surface area contributed by atoms with Gasteiger partial charge in [-0.15, -0.1) is 11.3 Å². The molecule has 0 spiro atoms. The number of phenols is 1. The van der Waals surface area contributed by atoms with Crippen LogP contribution >= 0.6 is 22.9 Å². The fourth-order valence-electron chi connectivity index (χ4n) is 11.6. The van der Waals surface area contributed by atoms with Crippen molar-refractivity contribution in [3.63, 3.8) is 0 Å². The SMILES string of the molecule is CN[C@@H](C)C(=O)C[C@H](C(=O)N1CCC[C@H]1c1nc(-c2ccc(OCCN(C)C(=O)CCNc3nc(N4CCN(C(C)=O)CC4)c4cc(Cl)c(-c5cc(O)cc6ccccc56)c(F)c4n3)c3ccccc23)cs1)C1CCCCC1. The third-order valence-electron chi connectivity index (χ3n) is 16.1. The number of thiazole rings is 1. The van der Waals surface area contributed by atoms with Crippen LogP contribution in [0.15, 0.2) is 84.2 Å². The van der Waals surface area contributed by atoms with Gasteiger partial charge in [0.05, 0.1) is 29.3 Å². The van der Waals surface area contributed by atoms with E-state index in [0.29, 0.717) is 67.2 Å². The van der Waals surface area contributed by atoms with Crippen molar-refractivity contribution in [2.75, 3.05) is 76.7 Å². The second-order valence-corrected chi connectivity index (χ2v) is 22.3. The van der Waals surface area contributed by atoms with Gasteiger partial charge in [0.1, 0.15) is 40.2 Å². The van der Waals surface area contributed by atoms with E-state index in [1.54, 1.807) is 47.4 Å². The summed E-state index contributed by atoms with van der Waals surface area (Å²) in [5, 5.41) is 23.7. The van der Waals surface area contributed by atoms with Gasteiger partial charge in [-0.3, -0.25) is 19.2 Å². The number of hydrogen-bond donors (Lipinski definition) is 3. The normalized spacial score (nSPS) is 16.9. The first-order chi connectivity index (χ1) is 37.8. The number of hydrogen-bond acceptors (Lipinski definition) is 13. The Morgan fingerprint density at radius 2 is 1.62 bits per heavy atom. The maximum atomic E-state index is 17.1. The van der Waals surface area contributed by atoms with Crippen LogP contribution in [0.2, 0.25) is 5.02 Å². The van der Waals surface area contributed by atoms with Crippen LogP contribution in [-0.4, -0.2) is 131 Å². The molecule has 7 aromatic rings. The summed E-state index contributed by atoms with van der Waals surface area (Å²) in [6.07, 6.45) is 7.43. The highest BCUT2D eigenvalue weighted by molar-refractivity contribution is 7.10. The number of fused-ring (bicyclic) bond motifs is 3. The predicted molar refractivity (Wildman–Crippen MR) is 307 cm³/mol. The minimum atomic E-state index is -0.678. The summed E-state index contributed by atoms with van der Waals surface area (Å²) in [6.45, 7) is 6.60. The zero-order chi connectivity index (χ0) is 54.6. The number of carbonyl (C=O) groups excluding carboxylic acids is 4. The van der Waals surface area contributed by atoms with Crippen LogP contribution in [0.3, 0.4) is 0 Å². The molecule has 0 radical (unpaired) electrons. The summed E-state index contributed by atoms with van der Waals surface area (Å²) in [7, 11) is 3.51. The molecule has 3 amide bonds. The Morgan fingerprint density at radius 1 is 0.872 bits per heavy atom. The summed E-state index contributed by atoms with van der Waals surface area (Å²) in [4.78, 5) is 75.6. The summed E-state index contributed by atoms with van der Waals surface area (Å²) in [6, 6.07) is 23.7. The van der Waals surface area contributed by atoms with E-state index in [-0.39, 0.29) is 101 Å². The predicted octanol–water partition coefficient (Wildman–Crippen LogP) is 10.7. The number of aromatic nitrogens is 3. The van der Waals surface area contributed by atoms with Crippen molar-refractivity contribution in [1.29, 1.82) is 0 Å². The highest BCUT2D eigenvalue weighted by Gasteiger charge is 2.40. The van der Waals surface area contributed by atoms with Gasteiger partial charge in [0, 0.05) is 99.3 Å². The van der Waals surface area contributed by atoms with Gasteiger partial charge < -0.3 is 40.1 Å². The highest BCUT2D eigenvalue weighted by atomic mass is 35.5. The maximum Gasteiger partial charge on any atom is 0.227 e. The Balaban J connectivity index is 0.801. The number of phenolic OH excluding ortho intramolecular Hbond substituents is 1. The van der Waals surface area contributed by atoms with Crippen molar-refractivity contribution < 1.29 is 33.4 Å². The molecular weight excluding hydrogens is 1030 g/mol. The number of halogens is 2. The fourth-order valence-corrected chi connectivity index (χ4v) is 12.9. The molecule has 18 heteroatoms. The topological polar surface area (TPSA) is 173 Å². The maximum absolute atomic E-state index is 17.1. The number of amides is 3. The van der Waals surface area contributed by atoms with Crippen molar-refractivity contribution >= 4 is 90.7 Å². The van der Waals surface area contributed by atoms with E-state index >= 15 is 4.39 Å². The molecule has 2 aromatic heterocycles. The van der Waals surface area contributed by atoms with Crippen LogP contribution in [0.25, 0.3) is 54.8 Å². The molecule has 78 heavy (non-hydrogen) atoms. The lowest BCUT2D eigenvalue weighted by atomic mass is 9.76. The molecule has 1 saturated carbocycles. The average Bonchev–Trinajstić information content (AvgIpc) is 4.24. The van der Waals surface area contributed by atoms with E-state index in [2.05, 4.69) is 27.1 Å². The Labute approximate surface area is 463 Å². The number of likely N-dealkylation sites (N-methyl/N-ethyl adjacent to an activating group) is 2. The van der Waals surface area contributed by atoms with E-state index in [0.717, 1.165) is 70.9 Å². The second-order valence-electron chi connectivity index (χ2n) is 21.0. The molecule has 0 unspecified atom stereocenters. The number of likely N-dealkylation sites (tertiary alicyclic amines) is 1. The molecule has 3 fully saturated rings. The molecule has 3 N–H and O–H groups in total. The Hall–Kier alpha value is -6.95. The Kier molecular flexibility index (Phi) is 16.7. The van der Waals surface area contributed by atoms with Crippen LogP contribution in [0.5, 0.6) is 11.5 Å². The molecule has 10 rings (SSSR count). The van der Waals surface area contributed by atoms with Crippen molar-refractivity contribution in [1.82, 2.24) is 35.0 Å². The van der Waals surface area contributed by atoms with Crippen molar-refractivity contribution in [3.05, 3.63) is 100 Å². The molecule has 2 aliphatic heterocycles. The van der Waals surface area contributed by atoms with Crippen molar-refractivity contribution in [2.45, 2.75) is 83.7 Å². The number of benzene rings is 5. The lowest BCUT2D eigenvalue weighted by Gasteiger charge is -2.35. The monoisotopic (exact) mass is 1100 g/mol. The third-order valence-corrected chi connectivity index (χ3v) is 17.4. The molecule has 15 nitrogen and oxygen atoms in total. The zero-order valence-electron chi connectivity index (χ0n) is 44.7. The van der Waals surface area contributed by atoms with Gasteiger partial charge in [-0.2, -0.15) is 4.98 Å². The second kappa shape index (κ2) is 24.0. The highest BCUT2D eigenvalue weighted by Crippen LogP contribution is 2.44. The van der Waals surface area contributed by atoms with Gasteiger partial charge in [0.2, 0.25) is 23.7 Å². The fraction of sp³-hybridized carbons (Fsp3) is 0.417. The number of aromatic hydroxyl groups is 1. The lowest BCUT2D eigenvalue weighted by molar-refractivity contribution is -0.141. The molecule has 1 aliphatic carbocycles. The molecule has 3 atom stereocenters. The van der Waals surface area contributed by atoms with Gasteiger partial charge in [0.25, 0.3) is 0 Å². The molecule has 3 aliphatic rings. The van der Waals surface area contributed by atoms with Crippen LogP contribution in [0.4, 0.5) is 16.2 Å². The summed E-state index contributed by atoms with van der Waals surface area (Å²) in [5.74, 6) is 0.452. The van der Waals surface area contributed by atoms with Crippen LogP contribution < -0.4 is 20.3 Å². The number of ether oxygens (including phenoxy) is 1. The van der Waals surface area contributed by atoms with Crippen molar-refractivity contribution in [3.8, 4) is 33.9 Å². The van der Waals surface area contributed by atoms with Gasteiger partial charge in [-0.05, 0) is 97.6 Å². The first-order valence-corrected chi connectivity index (χ1v) is 28.5. The van der Waals surface area contributed by atoms with Crippen LogP contribution in [0.1, 0.15) is 82.7 Å². The van der Waals surface area contributed by atoms with Gasteiger partial charge >= 0.3 is 0 Å². The number of rotatable bonds is 18. The number of carbonyl (C=O) groups is 4. The molecule has 4 heterocycles. The molecular formula is C60H67ClFN9O6S. The summed E-state index contributed by atoms with van der Waals surface area (Å²) < 4.78 is 23.5. The molecule has 5 aromatic carbocycles. The average molecular weight is 1100 g/mol. The van der Waals surface area contributed by atoms with Crippen molar-refractivity contribution in [2.24, 2.45) is 11.8 Å². The Bertz CT molecular complexity index is 3380. The lowest BCUT2D eigenvalue weighted by Crippen LogP contribution is -2.48. The smallest absolute Gasteiger partial charge is 0.227 e. The largest absolute Gasteiger partial charge is 0.508 e. The molecule has 2 saturated heterocycles. The van der Waals surface area contributed by atoms with E-state index < -0.39 is 5.82 Å². The molecule has 0 bridgehead atoms. The number of anilines is 2. The van der Waals surface area contributed by atoms with E-state index in [9.17, 15) is 24.3 Å². The minimum absolute atomic E-state index is 0.0221.